The average Bonchev–Trinajstić information content (AvgIpc) is 3.44. The third-order valence-corrected chi connectivity index (χ3v) is 7.73. The number of nitrogens with one attached hydrogen (secondary N) is 1. The molecule has 0 bridgehead atoms. The van der Waals surface area contributed by atoms with E-state index in [1.807, 2.05) is 71.3 Å². The molecule has 1 N–H and O–H groups in total. The van der Waals surface area contributed by atoms with Gasteiger partial charge in [-0.3, -0.25) is 9.36 Å². The van der Waals surface area contributed by atoms with E-state index in [1.54, 1.807) is 6.21 Å². The van der Waals surface area contributed by atoms with Crippen LogP contribution in [0.25, 0.3) is 17.1 Å². The van der Waals surface area contributed by atoms with Gasteiger partial charge in [0.2, 0.25) is 0 Å². The average molecular weight is 590 g/mol. The van der Waals surface area contributed by atoms with Crippen molar-refractivity contribution in [1.29, 1.82) is 0 Å². The van der Waals surface area contributed by atoms with Gasteiger partial charge in [-0.2, -0.15) is 5.10 Å². The summed E-state index contributed by atoms with van der Waals surface area (Å²) >= 11 is 1.32. The molecule has 43 heavy (non-hydrogen) atoms. The number of aryl methyl sites for hydroxylation is 1. The number of hydrazone groups is 1. The van der Waals surface area contributed by atoms with E-state index in [4.69, 9.17) is 4.74 Å². The highest BCUT2D eigenvalue weighted by molar-refractivity contribution is 7.99. The molecule has 1 heterocycles. The van der Waals surface area contributed by atoms with Crippen molar-refractivity contribution in [2.45, 2.75) is 44.9 Å². The molecular formula is C35H35N5O2S. The molecule has 0 radical (unpaired) electrons. The molecule has 0 spiro atoms. The van der Waals surface area contributed by atoms with Crippen molar-refractivity contribution >= 4 is 23.9 Å². The van der Waals surface area contributed by atoms with Crippen LogP contribution in [-0.4, -0.2) is 32.6 Å². The Balaban J connectivity index is 1.22. The Morgan fingerprint density at radius 1 is 0.907 bits per heavy atom. The fourth-order valence-corrected chi connectivity index (χ4v) is 5.07. The van der Waals surface area contributed by atoms with Gasteiger partial charge < -0.3 is 4.74 Å². The normalized spacial score (nSPS) is 11.5. The van der Waals surface area contributed by atoms with E-state index < -0.39 is 0 Å². The van der Waals surface area contributed by atoms with Crippen molar-refractivity contribution in [3.63, 3.8) is 0 Å². The van der Waals surface area contributed by atoms with Crippen molar-refractivity contribution in [1.82, 2.24) is 20.2 Å². The molecule has 5 aromatic rings. The van der Waals surface area contributed by atoms with Crippen LogP contribution in [0.1, 0.15) is 43.0 Å². The standard InChI is InChI=1S/C35H35N5O2S/c1-25-10-18-30(19-11-25)40-33(28-14-16-29(17-15-28)35(2,3)4)38-39-34(40)43-24-32(41)37-36-22-26-12-20-31(21-13-26)42-23-27-8-6-5-7-9-27/h5-22H,23-24H2,1-4H3,(H,37,41)/b36-22-. The summed E-state index contributed by atoms with van der Waals surface area (Å²) in [6, 6.07) is 34.2. The summed E-state index contributed by atoms with van der Waals surface area (Å²) < 4.78 is 7.82. The van der Waals surface area contributed by atoms with E-state index in [0.29, 0.717) is 11.8 Å². The molecule has 1 amide bonds. The molecule has 218 valence electrons. The Morgan fingerprint density at radius 3 is 2.28 bits per heavy atom. The number of ether oxygens (including phenoxy) is 1. The zero-order chi connectivity index (χ0) is 30.2. The van der Waals surface area contributed by atoms with Crippen LogP contribution in [0.15, 0.2) is 113 Å². The lowest BCUT2D eigenvalue weighted by atomic mass is 9.87. The van der Waals surface area contributed by atoms with Crippen molar-refractivity contribution in [2.75, 3.05) is 5.75 Å². The third kappa shape index (κ3) is 7.99. The van der Waals surface area contributed by atoms with Crippen LogP contribution in [0, 0.1) is 6.92 Å². The second-order valence-electron chi connectivity index (χ2n) is 11.2. The molecule has 0 atom stereocenters. The highest BCUT2D eigenvalue weighted by Crippen LogP contribution is 2.30. The first-order chi connectivity index (χ1) is 20.8. The van der Waals surface area contributed by atoms with E-state index in [0.717, 1.165) is 39.5 Å². The van der Waals surface area contributed by atoms with Crippen LogP contribution in [0.4, 0.5) is 0 Å². The van der Waals surface area contributed by atoms with Gasteiger partial charge in [0.05, 0.1) is 12.0 Å². The number of aromatic nitrogens is 3. The lowest BCUT2D eigenvalue weighted by Crippen LogP contribution is -2.20. The minimum Gasteiger partial charge on any atom is -0.489 e. The van der Waals surface area contributed by atoms with Gasteiger partial charge in [0, 0.05) is 11.3 Å². The summed E-state index contributed by atoms with van der Waals surface area (Å²) in [4.78, 5) is 12.7. The molecule has 0 aliphatic heterocycles. The van der Waals surface area contributed by atoms with Gasteiger partial charge in [-0.1, -0.05) is 105 Å². The van der Waals surface area contributed by atoms with Crippen LogP contribution >= 0.6 is 11.8 Å². The van der Waals surface area contributed by atoms with Gasteiger partial charge in [-0.25, -0.2) is 5.43 Å². The first-order valence-corrected chi connectivity index (χ1v) is 15.1. The van der Waals surface area contributed by atoms with Crippen LogP contribution in [0.3, 0.4) is 0 Å². The van der Waals surface area contributed by atoms with Gasteiger partial charge in [0.25, 0.3) is 5.91 Å². The van der Waals surface area contributed by atoms with Crippen molar-refractivity contribution in [3.8, 4) is 22.8 Å². The fourth-order valence-electron chi connectivity index (χ4n) is 4.33. The summed E-state index contributed by atoms with van der Waals surface area (Å²) in [6.45, 7) is 9.14. The van der Waals surface area contributed by atoms with Crippen LogP contribution in [0.2, 0.25) is 0 Å². The number of carbonyl (C=O) groups excluding carboxylic acids is 1. The monoisotopic (exact) mass is 589 g/mol. The third-order valence-electron chi connectivity index (χ3n) is 6.80. The number of hydrogen-bond acceptors (Lipinski definition) is 6. The lowest BCUT2D eigenvalue weighted by molar-refractivity contribution is -0.118. The Bertz CT molecular complexity index is 1670. The molecule has 0 fully saturated rings. The number of amides is 1. The van der Waals surface area contributed by atoms with Gasteiger partial charge in [0.1, 0.15) is 12.4 Å². The van der Waals surface area contributed by atoms with E-state index in [9.17, 15) is 4.79 Å². The first-order valence-electron chi connectivity index (χ1n) is 14.1. The van der Waals surface area contributed by atoms with E-state index >= 15 is 0 Å². The number of benzene rings is 4. The maximum absolute atomic E-state index is 12.7. The molecule has 5 rings (SSSR count). The van der Waals surface area contributed by atoms with Crippen LogP contribution in [0.5, 0.6) is 5.75 Å². The maximum atomic E-state index is 12.7. The van der Waals surface area contributed by atoms with Gasteiger partial charge >= 0.3 is 0 Å². The first kappa shape index (κ1) is 29.8. The Labute approximate surface area is 257 Å². The largest absolute Gasteiger partial charge is 0.489 e. The number of nitrogens with zero attached hydrogens (tertiary/aromatic N) is 4. The van der Waals surface area contributed by atoms with E-state index in [1.165, 1.54) is 17.3 Å². The Kier molecular flexibility index (Phi) is 9.37. The fraction of sp³-hybridized carbons (Fsp3) is 0.200. The smallest absolute Gasteiger partial charge is 0.250 e. The Morgan fingerprint density at radius 2 is 1.60 bits per heavy atom. The molecule has 0 aliphatic carbocycles. The molecule has 0 aliphatic rings. The molecule has 0 unspecified atom stereocenters. The van der Waals surface area contributed by atoms with Crippen LogP contribution in [-0.2, 0) is 16.8 Å². The van der Waals surface area contributed by atoms with Gasteiger partial charge in [-0.05, 0) is 65.4 Å². The number of rotatable bonds is 10. The topological polar surface area (TPSA) is 81.4 Å². The summed E-state index contributed by atoms with van der Waals surface area (Å²) in [5.41, 5.74) is 8.92. The molecule has 7 nitrogen and oxygen atoms in total. The highest BCUT2D eigenvalue weighted by atomic mass is 32.2. The lowest BCUT2D eigenvalue weighted by Gasteiger charge is -2.19. The van der Waals surface area contributed by atoms with Crippen molar-refractivity contribution < 1.29 is 9.53 Å². The van der Waals surface area contributed by atoms with E-state index in [2.05, 4.69) is 84.8 Å². The quantitative estimate of drug-likeness (QED) is 0.105. The molecule has 4 aromatic carbocycles. The Hall–Kier alpha value is -4.69. The molecular weight excluding hydrogens is 554 g/mol. The van der Waals surface area contributed by atoms with Gasteiger partial charge in [-0.15, -0.1) is 10.2 Å². The number of carbonyl (C=O) groups is 1. The summed E-state index contributed by atoms with van der Waals surface area (Å²) in [6.07, 6.45) is 1.61. The molecule has 1 aromatic heterocycles. The zero-order valence-corrected chi connectivity index (χ0v) is 25.6. The summed E-state index contributed by atoms with van der Waals surface area (Å²) in [7, 11) is 0. The zero-order valence-electron chi connectivity index (χ0n) is 24.8. The molecule has 8 heteroatoms. The predicted molar refractivity (Wildman–Crippen MR) is 174 cm³/mol. The SMILES string of the molecule is Cc1ccc(-n2c(SCC(=O)N/N=C\c3ccc(OCc4ccccc4)cc3)nnc2-c2ccc(C(C)(C)C)cc2)cc1. The molecule has 0 saturated heterocycles. The highest BCUT2D eigenvalue weighted by Gasteiger charge is 2.19. The van der Waals surface area contributed by atoms with Crippen molar-refractivity contribution in [3.05, 3.63) is 125 Å². The molecule has 0 saturated carbocycles. The van der Waals surface area contributed by atoms with Crippen LogP contribution < -0.4 is 10.2 Å². The second-order valence-corrected chi connectivity index (χ2v) is 12.2. The number of hydrogen-bond donors (Lipinski definition) is 1. The second kappa shape index (κ2) is 13.5. The van der Waals surface area contributed by atoms with E-state index in [-0.39, 0.29) is 17.1 Å². The number of thioether (sulfide) groups is 1. The maximum Gasteiger partial charge on any atom is 0.250 e. The summed E-state index contributed by atoms with van der Waals surface area (Å²) in [5.74, 6) is 1.39. The minimum atomic E-state index is -0.237. The predicted octanol–water partition coefficient (Wildman–Crippen LogP) is 7.36. The summed E-state index contributed by atoms with van der Waals surface area (Å²) in [5, 5.41) is 13.7. The van der Waals surface area contributed by atoms with Crippen molar-refractivity contribution in [2.24, 2.45) is 5.10 Å². The minimum absolute atomic E-state index is 0.0560. The van der Waals surface area contributed by atoms with Gasteiger partial charge in [0.15, 0.2) is 11.0 Å².